The van der Waals surface area contributed by atoms with E-state index in [-0.39, 0.29) is 18.4 Å². The lowest BCUT2D eigenvalue weighted by Gasteiger charge is -2.18. The first-order chi connectivity index (χ1) is 11.7. The molecule has 134 valence electrons. The molecule has 0 spiro atoms. The number of aromatic amines is 1. The molecule has 0 unspecified atom stereocenters. The minimum atomic E-state index is -5.13. The van der Waals surface area contributed by atoms with Crippen LogP contribution in [0.3, 0.4) is 0 Å². The van der Waals surface area contributed by atoms with Crippen LogP contribution in [0.4, 0.5) is 13.2 Å². The first kappa shape index (κ1) is 18.5. The number of nitrogens with one attached hydrogen (secondary N) is 2. The van der Waals surface area contributed by atoms with Crippen LogP contribution in [-0.2, 0) is 14.3 Å². The maximum Gasteiger partial charge on any atom is 0.471 e. The summed E-state index contributed by atoms with van der Waals surface area (Å²) in [6.07, 6.45) is -4.40. The number of rotatable bonds is 6. The number of esters is 1. The Morgan fingerprint density at radius 1 is 1.24 bits per heavy atom. The molecule has 2 N–H and O–H groups in total. The van der Waals surface area contributed by atoms with Crippen LogP contribution in [0.1, 0.15) is 23.2 Å². The zero-order valence-electron chi connectivity index (χ0n) is 13.1. The molecule has 1 atom stereocenters. The number of para-hydroxylation sites is 1. The molecule has 0 aliphatic rings. The predicted molar refractivity (Wildman–Crippen MR) is 81.9 cm³/mol. The lowest BCUT2D eigenvalue weighted by atomic mass is 9.99. The van der Waals surface area contributed by atoms with Gasteiger partial charge in [-0.25, -0.2) is 0 Å². The molecule has 1 amide bonds. The summed E-state index contributed by atoms with van der Waals surface area (Å²) >= 11 is 0. The SMILES string of the molecule is COC(=O)CC[C@H](NC(=O)C(F)(F)F)C(=O)c1c[nH]c2ccccc12. The Hall–Kier alpha value is -2.84. The Balaban J connectivity index is 2.28. The number of Topliss-reactive ketones (excluding diaryl/α,β-unsaturated/α-hetero) is 1. The lowest BCUT2D eigenvalue weighted by Crippen LogP contribution is -2.47. The molecular formula is C16H15F3N2O4. The van der Waals surface area contributed by atoms with E-state index in [0.717, 1.165) is 7.11 Å². The Morgan fingerprint density at radius 3 is 2.56 bits per heavy atom. The summed E-state index contributed by atoms with van der Waals surface area (Å²) in [5.74, 6) is -3.66. The number of hydrogen-bond donors (Lipinski definition) is 2. The monoisotopic (exact) mass is 356 g/mol. The molecule has 1 aromatic heterocycles. The van der Waals surface area contributed by atoms with Crippen molar-refractivity contribution in [2.45, 2.75) is 25.1 Å². The maximum absolute atomic E-state index is 12.6. The van der Waals surface area contributed by atoms with Crippen LogP contribution in [0.25, 0.3) is 10.9 Å². The topological polar surface area (TPSA) is 88.3 Å². The van der Waals surface area contributed by atoms with Gasteiger partial charge in [0, 0.05) is 29.1 Å². The summed E-state index contributed by atoms with van der Waals surface area (Å²) in [4.78, 5) is 37.9. The molecule has 0 fully saturated rings. The Labute approximate surface area is 140 Å². The van der Waals surface area contributed by atoms with E-state index in [1.807, 2.05) is 0 Å². The zero-order valence-corrected chi connectivity index (χ0v) is 13.1. The van der Waals surface area contributed by atoms with Crippen molar-refractivity contribution < 1.29 is 32.3 Å². The van der Waals surface area contributed by atoms with Crippen LogP contribution in [-0.4, -0.2) is 42.0 Å². The van der Waals surface area contributed by atoms with Crippen molar-refractivity contribution in [3.63, 3.8) is 0 Å². The predicted octanol–water partition coefficient (Wildman–Crippen LogP) is 2.35. The molecular weight excluding hydrogens is 341 g/mol. The van der Waals surface area contributed by atoms with Gasteiger partial charge in [0.15, 0.2) is 5.78 Å². The lowest BCUT2D eigenvalue weighted by molar-refractivity contribution is -0.174. The molecule has 0 saturated carbocycles. The van der Waals surface area contributed by atoms with Gasteiger partial charge in [-0.3, -0.25) is 14.4 Å². The number of carbonyl (C=O) groups is 3. The highest BCUT2D eigenvalue weighted by molar-refractivity contribution is 6.11. The number of fused-ring (bicyclic) bond motifs is 1. The van der Waals surface area contributed by atoms with Crippen LogP contribution >= 0.6 is 0 Å². The number of amides is 1. The molecule has 0 aliphatic heterocycles. The number of alkyl halides is 3. The molecule has 2 aromatic rings. The summed E-state index contributed by atoms with van der Waals surface area (Å²) < 4.78 is 42.0. The summed E-state index contributed by atoms with van der Waals surface area (Å²) in [7, 11) is 1.12. The third kappa shape index (κ3) is 4.37. The second-order valence-electron chi connectivity index (χ2n) is 5.25. The van der Waals surface area contributed by atoms with Gasteiger partial charge in [0.25, 0.3) is 0 Å². The minimum Gasteiger partial charge on any atom is -0.469 e. The number of methoxy groups -OCH3 is 1. The van der Waals surface area contributed by atoms with Crippen molar-refractivity contribution in [1.29, 1.82) is 0 Å². The molecule has 2 rings (SSSR count). The minimum absolute atomic E-state index is 0.132. The third-order valence-corrected chi connectivity index (χ3v) is 3.60. The number of hydrogen-bond acceptors (Lipinski definition) is 4. The average molecular weight is 356 g/mol. The Morgan fingerprint density at radius 2 is 1.92 bits per heavy atom. The van der Waals surface area contributed by atoms with E-state index < -0.39 is 29.9 Å². The smallest absolute Gasteiger partial charge is 0.469 e. The molecule has 0 aliphatic carbocycles. The van der Waals surface area contributed by atoms with Gasteiger partial charge in [-0.1, -0.05) is 18.2 Å². The number of carbonyl (C=O) groups excluding carboxylic acids is 3. The van der Waals surface area contributed by atoms with Crippen LogP contribution in [0.15, 0.2) is 30.5 Å². The van der Waals surface area contributed by atoms with Gasteiger partial charge < -0.3 is 15.0 Å². The second kappa shape index (κ2) is 7.37. The highest BCUT2D eigenvalue weighted by atomic mass is 19.4. The third-order valence-electron chi connectivity index (χ3n) is 3.60. The van der Waals surface area contributed by atoms with E-state index in [1.165, 1.54) is 6.20 Å². The Kier molecular flexibility index (Phi) is 5.45. The number of ether oxygens (including phenoxy) is 1. The number of H-pyrrole nitrogens is 1. The number of ketones is 1. The van der Waals surface area contributed by atoms with Gasteiger partial charge >= 0.3 is 18.1 Å². The van der Waals surface area contributed by atoms with Crippen molar-refractivity contribution in [2.75, 3.05) is 7.11 Å². The van der Waals surface area contributed by atoms with Gasteiger partial charge in [-0.15, -0.1) is 0 Å². The summed E-state index contributed by atoms with van der Waals surface area (Å²) in [6, 6.07) is 5.22. The summed E-state index contributed by atoms with van der Waals surface area (Å²) in [6.45, 7) is 0. The highest BCUT2D eigenvalue weighted by Gasteiger charge is 2.41. The second-order valence-corrected chi connectivity index (χ2v) is 5.25. The molecule has 1 heterocycles. The zero-order chi connectivity index (χ0) is 18.6. The molecule has 0 bridgehead atoms. The van der Waals surface area contributed by atoms with E-state index in [0.29, 0.717) is 10.9 Å². The molecule has 25 heavy (non-hydrogen) atoms. The fourth-order valence-electron chi connectivity index (χ4n) is 2.34. The van der Waals surface area contributed by atoms with Gasteiger partial charge in [0.1, 0.15) is 0 Å². The van der Waals surface area contributed by atoms with Crippen molar-refractivity contribution in [3.8, 4) is 0 Å². The quantitative estimate of drug-likeness (QED) is 0.614. The van der Waals surface area contributed by atoms with E-state index in [2.05, 4.69) is 9.72 Å². The fourth-order valence-corrected chi connectivity index (χ4v) is 2.34. The first-order valence-corrected chi connectivity index (χ1v) is 7.29. The summed E-state index contributed by atoms with van der Waals surface area (Å²) in [5.41, 5.74) is 0.757. The fraction of sp³-hybridized carbons (Fsp3) is 0.312. The van der Waals surface area contributed by atoms with Crippen molar-refractivity contribution in [3.05, 3.63) is 36.0 Å². The Bertz CT molecular complexity index is 798. The van der Waals surface area contributed by atoms with Crippen molar-refractivity contribution in [1.82, 2.24) is 10.3 Å². The van der Waals surface area contributed by atoms with E-state index in [4.69, 9.17) is 0 Å². The van der Waals surface area contributed by atoms with Crippen LogP contribution in [0.2, 0.25) is 0 Å². The number of halogens is 3. The molecule has 9 heteroatoms. The number of benzene rings is 1. The average Bonchev–Trinajstić information content (AvgIpc) is 3.00. The van der Waals surface area contributed by atoms with Gasteiger partial charge in [-0.2, -0.15) is 13.2 Å². The van der Waals surface area contributed by atoms with E-state index in [9.17, 15) is 27.6 Å². The highest BCUT2D eigenvalue weighted by Crippen LogP contribution is 2.21. The first-order valence-electron chi connectivity index (χ1n) is 7.29. The van der Waals surface area contributed by atoms with Gasteiger partial charge in [0.2, 0.25) is 0 Å². The standard InChI is InChI=1S/C16H15F3N2O4/c1-25-13(22)7-6-12(21-15(24)16(17,18)19)14(23)10-8-20-11-5-3-2-4-9(10)11/h2-5,8,12,20H,6-7H2,1H3,(H,21,24)/t12-/m0/s1. The normalized spacial score (nSPS) is 12.6. The van der Waals surface area contributed by atoms with Gasteiger partial charge in [0.05, 0.1) is 13.2 Å². The van der Waals surface area contributed by atoms with Crippen molar-refractivity contribution >= 4 is 28.6 Å². The van der Waals surface area contributed by atoms with Crippen LogP contribution in [0.5, 0.6) is 0 Å². The van der Waals surface area contributed by atoms with E-state index >= 15 is 0 Å². The molecule has 6 nitrogen and oxygen atoms in total. The number of aromatic nitrogens is 1. The van der Waals surface area contributed by atoms with Crippen LogP contribution in [0, 0.1) is 0 Å². The van der Waals surface area contributed by atoms with Crippen LogP contribution < -0.4 is 5.32 Å². The van der Waals surface area contributed by atoms with E-state index in [1.54, 1.807) is 29.6 Å². The molecule has 0 saturated heterocycles. The largest absolute Gasteiger partial charge is 0.471 e. The molecule has 0 radical (unpaired) electrons. The summed E-state index contributed by atoms with van der Waals surface area (Å²) in [5, 5.41) is 2.16. The maximum atomic E-state index is 12.6. The molecule has 1 aromatic carbocycles. The van der Waals surface area contributed by atoms with Crippen molar-refractivity contribution in [2.24, 2.45) is 0 Å². The van der Waals surface area contributed by atoms with Gasteiger partial charge in [-0.05, 0) is 12.5 Å².